The molecule has 0 spiro atoms. The van der Waals surface area contributed by atoms with Crippen molar-refractivity contribution < 1.29 is 17.9 Å². The molecule has 0 amide bonds. The van der Waals surface area contributed by atoms with Gasteiger partial charge in [0.25, 0.3) is 10.0 Å². The Labute approximate surface area is 176 Å². The van der Waals surface area contributed by atoms with E-state index < -0.39 is 10.0 Å². The Kier molecular flexibility index (Phi) is 6.72. The molecule has 0 radical (unpaired) electrons. The molecule has 1 fully saturated rings. The van der Waals surface area contributed by atoms with Crippen LogP contribution in [0, 0.1) is 13.8 Å². The van der Waals surface area contributed by atoms with Crippen LogP contribution >= 0.6 is 11.3 Å². The molecule has 1 aromatic carbocycles. The fourth-order valence-corrected chi connectivity index (χ4v) is 6.69. The summed E-state index contributed by atoms with van der Waals surface area (Å²) in [5.41, 5.74) is 7.62. The largest absolute Gasteiger partial charge is 0.494 e. The third kappa shape index (κ3) is 4.69. The summed E-state index contributed by atoms with van der Waals surface area (Å²) in [6.45, 7) is 10.6. The van der Waals surface area contributed by atoms with Crippen LogP contribution in [0.4, 0.5) is 5.69 Å². The van der Waals surface area contributed by atoms with Gasteiger partial charge in [-0.15, -0.1) is 11.3 Å². The first-order valence-corrected chi connectivity index (χ1v) is 12.1. The monoisotopic (exact) mass is 439 g/mol. The van der Waals surface area contributed by atoms with E-state index in [2.05, 4.69) is 22.5 Å². The van der Waals surface area contributed by atoms with Crippen molar-refractivity contribution in [2.75, 3.05) is 17.9 Å². The van der Waals surface area contributed by atoms with E-state index in [1.165, 1.54) is 11.3 Å². The predicted molar refractivity (Wildman–Crippen MR) is 116 cm³/mol. The lowest BCUT2D eigenvalue weighted by Gasteiger charge is -2.17. The van der Waals surface area contributed by atoms with Crippen molar-refractivity contribution in [1.29, 1.82) is 0 Å². The van der Waals surface area contributed by atoms with E-state index in [0.29, 0.717) is 35.3 Å². The topological polar surface area (TPSA) is 88.7 Å². The third-order valence-corrected chi connectivity index (χ3v) is 7.48. The predicted octanol–water partition coefficient (Wildman–Crippen LogP) is 3.89. The maximum atomic E-state index is 13.5. The minimum atomic E-state index is -3.82. The van der Waals surface area contributed by atoms with Gasteiger partial charge in [0.2, 0.25) is 0 Å². The number of benzene rings is 1. The molecule has 29 heavy (non-hydrogen) atoms. The Balaban J connectivity index is 2.02. The Morgan fingerprint density at radius 3 is 2.48 bits per heavy atom. The molecule has 2 unspecified atom stereocenters. The molecular formula is C20H29N3O4S2. The Hall–Kier alpha value is -1.81. The van der Waals surface area contributed by atoms with Gasteiger partial charge in [-0.3, -0.25) is 10.1 Å². The smallest absolute Gasteiger partial charge is 0.263 e. The van der Waals surface area contributed by atoms with Crippen LogP contribution in [0.5, 0.6) is 11.5 Å². The lowest BCUT2D eigenvalue weighted by Crippen LogP contribution is -2.29. The van der Waals surface area contributed by atoms with Crippen molar-refractivity contribution in [3.8, 4) is 11.5 Å². The van der Waals surface area contributed by atoms with Gasteiger partial charge in [-0.25, -0.2) is 13.8 Å². The molecule has 160 valence electrons. The molecule has 7 nitrogen and oxygen atoms in total. The summed E-state index contributed by atoms with van der Waals surface area (Å²) in [6, 6.07) is 5.38. The first kappa shape index (κ1) is 21.9. The molecule has 2 aromatic rings. The van der Waals surface area contributed by atoms with Crippen LogP contribution in [0.3, 0.4) is 0 Å². The molecule has 2 atom stereocenters. The fourth-order valence-electron chi connectivity index (χ4n) is 3.64. The summed E-state index contributed by atoms with van der Waals surface area (Å²) in [6.07, 6.45) is 0.823. The number of ether oxygens (including phenoxy) is 2. The van der Waals surface area contributed by atoms with E-state index in [9.17, 15) is 8.42 Å². The number of sulfonamides is 1. The fraction of sp³-hybridized carbons (Fsp3) is 0.500. The van der Waals surface area contributed by atoms with Crippen molar-refractivity contribution >= 4 is 27.0 Å². The average molecular weight is 440 g/mol. The van der Waals surface area contributed by atoms with E-state index in [4.69, 9.17) is 9.47 Å². The van der Waals surface area contributed by atoms with E-state index in [1.54, 1.807) is 18.2 Å². The highest BCUT2D eigenvalue weighted by Crippen LogP contribution is 2.40. The molecule has 0 bridgehead atoms. The Morgan fingerprint density at radius 1 is 1.14 bits per heavy atom. The quantitative estimate of drug-likeness (QED) is 0.578. The summed E-state index contributed by atoms with van der Waals surface area (Å²) in [5, 5.41) is 0. The van der Waals surface area contributed by atoms with Crippen LogP contribution in [0.1, 0.15) is 48.6 Å². The Morgan fingerprint density at radius 2 is 1.86 bits per heavy atom. The lowest BCUT2D eigenvalue weighted by molar-refractivity contribution is 0.332. The van der Waals surface area contributed by atoms with Gasteiger partial charge in [-0.2, -0.15) is 0 Å². The number of hydrazine groups is 1. The normalized spacial score (nSPS) is 19.3. The highest BCUT2D eigenvalue weighted by Gasteiger charge is 2.33. The summed E-state index contributed by atoms with van der Waals surface area (Å²) < 4.78 is 40.9. The average Bonchev–Trinajstić information content (AvgIpc) is 3.19. The van der Waals surface area contributed by atoms with Gasteiger partial charge in [-0.1, -0.05) is 0 Å². The maximum Gasteiger partial charge on any atom is 0.263 e. The van der Waals surface area contributed by atoms with Crippen molar-refractivity contribution in [2.45, 2.75) is 58.0 Å². The highest BCUT2D eigenvalue weighted by atomic mass is 32.2. The first-order valence-electron chi connectivity index (χ1n) is 9.80. The molecule has 1 aliphatic heterocycles. The first-order chi connectivity index (χ1) is 13.8. The minimum absolute atomic E-state index is 0.0531. The second-order valence-electron chi connectivity index (χ2n) is 7.06. The van der Waals surface area contributed by atoms with Gasteiger partial charge < -0.3 is 9.47 Å². The Bertz CT molecular complexity index is 972. The molecule has 1 aromatic heterocycles. The molecule has 3 N–H and O–H groups in total. The molecule has 0 aliphatic carbocycles. The van der Waals surface area contributed by atoms with Gasteiger partial charge in [0, 0.05) is 27.4 Å². The molecular weight excluding hydrogens is 410 g/mol. The number of thiophene rings is 1. The number of hydrogen-bond acceptors (Lipinski definition) is 7. The van der Waals surface area contributed by atoms with Crippen molar-refractivity contribution in [3.05, 3.63) is 33.5 Å². The molecule has 1 saturated heterocycles. The van der Waals surface area contributed by atoms with E-state index >= 15 is 0 Å². The van der Waals surface area contributed by atoms with Crippen LogP contribution in [0.2, 0.25) is 0 Å². The zero-order valence-corrected chi connectivity index (χ0v) is 19.1. The van der Waals surface area contributed by atoms with Gasteiger partial charge in [0.05, 0.1) is 24.9 Å². The summed E-state index contributed by atoms with van der Waals surface area (Å²) in [7, 11) is -3.82. The number of rotatable bonds is 8. The number of aryl methyl sites for hydroxylation is 2. The van der Waals surface area contributed by atoms with Crippen LogP contribution < -0.4 is 25.0 Å². The van der Waals surface area contributed by atoms with Crippen LogP contribution in [0.15, 0.2) is 23.1 Å². The third-order valence-electron chi connectivity index (χ3n) is 4.77. The van der Waals surface area contributed by atoms with E-state index in [0.717, 1.165) is 21.7 Å². The molecule has 1 aliphatic rings. The number of anilines is 1. The second kappa shape index (κ2) is 8.91. The van der Waals surface area contributed by atoms with Crippen molar-refractivity contribution in [1.82, 2.24) is 10.9 Å². The SMILES string of the molecule is CCOc1ccc(OCC)c(NS(=O)(=O)c2c(C)sc(C)c2C2CC(C)NN2)c1. The van der Waals surface area contributed by atoms with Gasteiger partial charge >= 0.3 is 0 Å². The van der Waals surface area contributed by atoms with Crippen LogP contribution in [-0.2, 0) is 10.0 Å². The molecule has 2 heterocycles. The summed E-state index contributed by atoms with van der Waals surface area (Å²) in [4.78, 5) is 2.12. The van der Waals surface area contributed by atoms with Gasteiger partial charge in [0.15, 0.2) is 0 Å². The standard InChI is InChI=1S/C20H29N3O4S2/c1-6-26-15-8-9-18(27-7-2)16(11-15)23-29(24,25)20-14(5)28-13(4)19(20)17-10-12(3)21-22-17/h8-9,11-12,17,21-23H,6-7,10H2,1-5H3. The molecule has 0 saturated carbocycles. The van der Waals surface area contributed by atoms with Gasteiger partial charge in [0.1, 0.15) is 16.4 Å². The zero-order valence-electron chi connectivity index (χ0n) is 17.5. The second-order valence-corrected chi connectivity index (χ2v) is 10.1. The lowest BCUT2D eigenvalue weighted by atomic mass is 10.0. The van der Waals surface area contributed by atoms with Crippen molar-refractivity contribution in [3.63, 3.8) is 0 Å². The maximum absolute atomic E-state index is 13.5. The summed E-state index contributed by atoms with van der Waals surface area (Å²) in [5.74, 6) is 1.06. The van der Waals surface area contributed by atoms with Crippen molar-refractivity contribution in [2.24, 2.45) is 0 Å². The summed E-state index contributed by atoms with van der Waals surface area (Å²) >= 11 is 1.50. The van der Waals surface area contributed by atoms with E-state index in [1.807, 2.05) is 27.7 Å². The number of hydrogen-bond donors (Lipinski definition) is 3. The van der Waals surface area contributed by atoms with E-state index in [-0.39, 0.29) is 12.1 Å². The van der Waals surface area contributed by atoms with Gasteiger partial charge in [-0.05, 0) is 53.2 Å². The van der Waals surface area contributed by atoms with Crippen LogP contribution in [-0.4, -0.2) is 27.7 Å². The number of nitrogens with one attached hydrogen (secondary N) is 3. The van der Waals surface area contributed by atoms with Crippen LogP contribution in [0.25, 0.3) is 0 Å². The molecule has 9 heteroatoms. The highest BCUT2D eigenvalue weighted by molar-refractivity contribution is 7.93. The zero-order chi connectivity index (χ0) is 21.2. The molecule has 3 rings (SSSR count). The minimum Gasteiger partial charge on any atom is -0.494 e.